The molecule has 5 nitrogen and oxygen atoms in total. The van der Waals surface area contributed by atoms with Gasteiger partial charge in [0.15, 0.2) is 5.13 Å². The molecule has 2 amide bonds. The van der Waals surface area contributed by atoms with Gasteiger partial charge < -0.3 is 10.6 Å². The van der Waals surface area contributed by atoms with Gasteiger partial charge in [0.25, 0.3) is 0 Å². The number of hydrogen-bond acceptors (Lipinski definition) is 4. The molecule has 3 atom stereocenters. The molecule has 0 saturated heterocycles. The van der Waals surface area contributed by atoms with Crippen LogP contribution >= 0.6 is 11.3 Å². The van der Waals surface area contributed by atoms with Crippen molar-refractivity contribution in [3.8, 4) is 11.3 Å². The molecule has 3 unspecified atom stereocenters. The molecule has 1 aromatic heterocycles. The van der Waals surface area contributed by atoms with E-state index in [2.05, 4.69) is 15.6 Å². The lowest BCUT2D eigenvalue weighted by Gasteiger charge is -2.19. The predicted octanol–water partition coefficient (Wildman–Crippen LogP) is 4.14. The van der Waals surface area contributed by atoms with E-state index in [9.17, 15) is 9.59 Å². The van der Waals surface area contributed by atoms with E-state index in [0.717, 1.165) is 29.3 Å². The molecule has 25 heavy (non-hydrogen) atoms. The van der Waals surface area contributed by atoms with E-state index in [1.54, 1.807) is 0 Å². The van der Waals surface area contributed by atoms with Crippen LogP contribution in [0.5, 0.6) is 0 Å². The molecule has 2 saturated carbocycles. The maximum atomic E-state index is 12.5. The van der Waals surface area contributed by atoms with E-state index in [1.807, 2.05) is 29.6 Å². The minimum absolute atomic E-state index is 0.0907. The zero-order chi connectivity index (χ0) is 17.4. The number of fused-ring (bicyclic) bond motifs is 2. The van der Waals surface area contributed by atoms with Crippen molar-refractivity contribution in [3.05, 3.63) is 29.6 Å². The van der Waals surface area contributed by atoms with Gasteiger partial charge in [-0.15, -0.1) is 11.3 Å². The fourth-order valence-corrected chi connectivity index (χ4v) is 4.88. The summed E-state index contributed by atoms with van der Waals surface area (Å²) in [5.41, 5.74) is 2.56. The van der Waals surface area contributed by atoms with E-state index in [4.69, 9.17) is 0 Å². The second-order valence-electron chi connectivity index (χ2n) is 7.07. The molecule has 2 fully saturated rings. The minimum Gasteiger partial charge on any atom is -0.326 e. The standard InChI is InChI=1S/C19H21N3O2S/c1-11(23)20-15-6-4-13(5-7-15)17-10-25-19(21-17)22-18(24)16-9-12-2-3-14(16)8-12/h4-7,10,12,14,16H,2-3,8-9H2,1H3,(H,20,23)(H,21,22,24). The Balaban J connectivity index is 1.41. The number of carbonyl (C=O) groups excluding carboxylic acids is 2. The summed E-state index contributed by atoms with van der Waals surface area (Å²) in [6.45, 7) is 1.49. The summed E-state index contributed by atoms with van der Waals surface area (Å²) in [5.74, 6) is 1.55. The Morgan fingerprint density at radius 1 is 1.12 bits per heavy atom. The van der Waals surface area contributed by atoms with E-state index in [1.165, 1.54) is 37.5 Å². The van der Waals surface area contributed by atoms with Crippen LogP contribution in [0.2, 0.25) is 0 Å². The average Bonchev–Trinajstić information content (AvgIpc) is 3.31. The van der Waals surface area contributed by atoms with Crippen LogP contribution in [-0.2, 0) is 9.59 Å². The number of thiazole rings is 1. The molecule has 0 spiro atoms. The Bertz CT molecular complexity index is 799. The van der Waals surface area contributed by atoms with Crippen LogP contribution in [0.25, 0.3) is 11.3 Å². The van der Waals surface area contributed by atoms with Crippen LogP contribution in [0, 0.1) is 17.8 Å². The number of benzene rings is 1. The molecular weight excluding hydrogens is 334 g/mol. The van der Waals surface area contributed by atoms with Crippen molar-refractivity contribution >= 4 is 34.0 Å². The number of nitrogens with one attached hydrogen (secondary N) is 2. The molecule has 1 aromatic carbocycles. The normalized spacial score (nSPS) is 24.3. The zero-order valence-corrected chi connectivity index (χ0v) is 14.9. The molecule has 1 heterocycles. The molecule has 2 N–H and O–H groups in total. The molecule has 0 radical (unpaired) electrons. The predicted molar refractivity (Wildman–Crippen MR) is 99.4 cm³/mol. The highest BCUT2D eigenvalue weighted by molar-refractivity contribution is 7.14. The molecule has 130 valence electrons. The smallest absolute Gasteiger partial charge is 0.229 e. The molecule has 6 heteroatoms. The van der Waals surface area contributed by atoms with Crippen LogP contribution in [0.1, 0.15) is 32.6 Å². The number of hydrogen-bond donors (Lipinski definition) is 2. The summed E-state index contributed by atoms with van der Waals surface area (Å²) in [4.78, 5) is 28.1. The first kappa shape index (κ1) is 16.3. The van der Waals surface area contributed by atoms with Crippen LogP contribution in [0.15, 0.2) is 29.6 Å². The molecule has 2 bridgehead atoms. The number of aromatic nitrogens is 1. The van der Waals surface area contributed by atoms with Gasteiger partial charge in [0.1, 0.15) is 0 Å². The Hall–Kier alpha value is -2.21. The van der Waals surface area contributed by atoms with Crippen LogP contribution in [0.4, 0.5) is 10.8 Å². The molecule has 2 aliphatic carbocycles. The van der Waals surface area contributed by atoms with Crippen LogP contribution in [0.3, 0.4) is 0 Å². The summed E-state index contributed by atoms with van der Waals surface area (Å²) in [5, 5.41) is 8.36. The van der Waals surface area contributed by atoms with Gasteiger partial charge in [-0.05, 0) is 43.2 Å². The topological polar surface area (TPSA) is 71.1 Å². The van der Waals surface area contributed by atoms with Crippen molar-refractivity contribution in [2.75, 3.05) is 10.6 Å². The van der Waals surface area contributed by atoms with Crippen molar-refractivity contribution in [2.45, 2.75) is 32.6 Å². The highest BCUT2D eigenvalue weighted by Crippen LogP contribution is 2.48. The Morgan fingerprint density at radius 3 is 2.56 bits per heavy atom. The van der Waals surface area contributed by atoms with Gasteiger partial charge >= 0.3 is 0 Å². The third-order valence-corrected chi connectivity index (χ3v) is 6.07. The zero-order valence-electron chi connectivity index (χ0n) is 14.1. The van der Waals surface area contributed by atoms with Gasteiger partial charge in [-0.1, -0.05) is 18.6 Å². The fraction of sp³-hybridized carbons (Fsp3) is 0.421. The average molecular weight is 355 g/mol. The Kier molecular flexibility index (Phi) is 4.29. The van der Waals surface area contributed by atoms with Crippen molar-refractivity contribution in [2.24, 2.45) is 17.8 Å². The van der Waals surface area contributed by atoms with E-state index in [-0.39, 0.29) is 17.7 Å². The van der Waals surface area contributed by atoms with Crippen molar-refractivity contribution in [1.82, 2.24) is 4.98 Å². The number of amides is 2. The van der Waals surface area contributed by atoms with Crippen LogP contribution in [-0.4, -0.2) is 16.8 Å². The summed E-state index contributed by atoms with van der Waals surface area (Å²) < 4.78 is 0. The Morgan fingerprint density at radius 2 is 1.92 bits per heavy atom. The second-order valence-corrected chi connectivity index (χ2v) is 7.93. The van der Waals surface area contributed by atoms with Gasteiger partial charge in [0.2, 0.25) is 11.8 Å². The quantitative estimate of drug-likeness (QED) is 0.866. The third-order valence-electron chi connectivity index (χ3n) is 5.31. The lowest BCUT2D eigenvalue weighted by atomic mass is 9.88. The molecule has 2 aromatic rings. The molecule has 0 aliphatic heterocycles. The lowest BCUT2D eigenvalue weighted by molar-refractivity contribution is -0.121. The first-order chi connectivity index (χ1) is 12.1. The first-order valence-corrected chi connectivity index (χ1v) is 9.61. The summed E-state index contributed by atoms with van der Waals surface area (Å²) in [7, 11) is 0. The molecule has 2 aliphatic rings. The first-order valence-electron chi connectivity index (χ1n) is 8.73. The summed E-state index contributed by atoms with van der Waals surface area (Å²) >= 11 is 1.45. The van der Waals surface area contributed by atoms with E-state index >= 15 is 0 Å². The van der Waals surface area contributed by atoms with Gasteiger partial charge in [0.05, 0.1) is 5.69 Å². The van der Waals surface area contributed by atoms with Crippen LogP contribution < -0.4 is 10.6 Å². The van der Waals surface area contributed by atoms with Gasteiger partial charge in [0, 0.05) is 29.5 Å². The maximum absolute atomic E-state index is 12.5. The number of rotatable bonds is 4. The van der Waals surface area contributed by atoms with Gasteiger partial charge in [-0.2, -0.15) is 0 Å². The van der Waals surface area contributed by atoms with E-state index in [0.29, 0.717) is 11.0 Å². The third kappa shape index (κ3) is 3.44. The minimum atomic E-state index is -0.0907. The van der Waals surface area contributed by atoms with E-state index < -0.39 is 0 Å². The highest BCUT2D eigenvalue weighted by Gasteiger charge is 2.43. The van der Waals surface area contributed by atoms with Gasteiger partial charge in [-0.25, -0.2) is 4.98 Å². The van der Waals surface area contributed by atoms with Crippen molar-refractivity contribution in [3.63, 3.8) is 0 Å². The monoisotopic (exact) mass is 355 g/mol. The SMILES string of the molecule is CC(=O)Nc1ccc(-c2csc(NC(=O)C3CC4CCC3C4)n2)cc1. The number of carbonyl (C=O) groups is 2. The van der Waals surface area contributed by atoms with Crippen molar-refractivity contribution in [1.29, 1.82) is 0 Å². The second kappa shape index (κ2) is 6.59. The number of anilines is 2. The summed E-state index contributed by atoms with van der Waals surface area (Å²) in [6, 6.07) is 7.54. The maximum Gasteiger partial charge on any atom is 0.229 e. The lowest BCUT2D eigenvalue weighted by Crippen LogP contribution is -2.27. The number of nitrogens with zero attached hydrogens (tertiary/aromatic N) is 1. The van der Waals surface area contributed by atoms with Gasteiger partial charge in [-0.3, -0.25) is 9.59 Å². The summed E-state index contributed by atoms with van der Waals surface area (Å²) in [6.07, 6.45) is 4.76. The highest BCUT2D eigenvalue weighted by atomic mass is 32.1. The molecule has 4 rings (SSSR count). The Labute approximate surface area is 150 Å². The fourth-order valence-electron chi connectivity index (χ4n) is 4.16. The molecular formula is C19H21N3O2S. The van der Waals surface area contributed by atoms with Crippen molar-refractivity contribution < 1.29 is 9.59 Å². The largest absolute Gasteiger partial charge is 0.326 e.